The van der Waals surface area contributed by atoms with E-state index in [1.54, 1.807) is 0 Å². The van der Waals surface area contributed by atoms with Crippen molar-refractivity contribution in [3.05, 3.63) is 0 Å². The second-order valence-electron chi connectivity index (χ2n) is 7.39. The van der Waals surface area contributed by atoms with Crippen LogP contribution in [0.3, 0.4) is 0 Å². The predicted molar refractivity (Wildman–Crippen MR) is 76.0 cm³/mol. The molecule has 1 fully saturated rings. The van der Waals surface area contributed by atoms with E-state index in [2.05, 4.69) is 0 Å². The summed E-state index contributed by atoms with van der Waals surface area (Å²) in [4.78, 5) is 11.8. The van der Waals surface area contributed by atoms with E-state index in [4.69, 9.17) is 14.0 Å². The highest BCUT2D eigenvalue weighted by atomic mass is 16.7. The van der Waals surface area contributed by atoms with Crippen molar-refractivity contribution in [3.8, 4) is 0 Å². The molecule has 0 aromatic rings. The molecule has 0 aromatic heterocycles. The predicted octanol–water partition coefficient (Wildman–Crippen LogP) is 3.20. The van der Waals surface area contributed by atoms with E-state index in [0.29, 0.717) is 6.42 Å². The van der Waals surface area contributed by atoms with Gasteiger partial charge in [-0.25, -0.2) is 0 Å². The number of carbonyl (C=O) groups is 1. The Bertz CT molecular complexity index is 328. The van der Waals surface area contributed by atoms with Gasteiger partial charge in [0.25, 0.3) is 0 Å². The number of carbonyl (C=O) groups excluding carboxylic acids is 1. The molecule has 0 bridgehead atoms. The van der Waals surface area contributed by atoms with Crippen molar-refractivity contribution in [2.75, 3.05) is 0 Å². The molecule has 0 spiro atoms. The molecular weight excluding hydrogens is 243 g/mol. The van der Waals surface area contributed by atoms with Crippen molar-refractivity contribution in [2.45, 2.75) is 84.4 Å². The standard InChI is InChI=1S/C14H27BO4/c1-10(9-11(16)17-12(2,3)4)15-18-13(5,6)14(7,8)19-15/h10H,9H2,1-8H3. The molecule has 1 saturated heterocycles. The molecule has 1 unspecified atom stereocenters. The summed E-state index contributed by atoms with van der Waals surface area (Å²) in [5.74, 6) is -0.245. The fourth-order valence-electron chi connectivity index (χ4n) is 1.86. The zero-order chi connectivity index (χ0) is 15.1. The number of esters is 1. The van der Waals surface area contributed by atoms with E-state index >= 15 is 0 Å². The molecule has 0 aliphatic carbocycles. The molecule has 1 rings (SSSR count). The van der Waals surface area contributed by atoms with Gasteiger partial charge in [0, 0.05) is 12.2 Å². The van der Waals surface area contributed by atoms with Crippen molar-refractivity contribution < 1.29 is 18.8 Å². The Morgan fingerprint density at radius 2 is 1.58 bits per heavy atom. The average molecular weight is 270 g/mol. The fourth-order valence-corrected chi connectivity index (χ4v) is 1.86. The summed E-state index contributed by atoms with van der Waals surface area (Å²) in [6, 6.07) is 0. The van der Waals surface area contributed by atoms with Crippen LogP contribution in [-0.4, -0.2) is 29.9 Å². The van der Waals surface area contributed by atoms with Crippen molar-refractivity contribution >= 4 is 13.1 Å². The van der Waals surface area contributed by atoms with Crippen molar-refractivity contribution in [1.29, 1.82) is 0 Å². The van der Waals surface area contributed by atoms with Crippen LogP contribution >= 0.6 is 0 Å². The van der Waals surface area contributed by atoms with Crippen LogP contribution in [0.5, 0.6) is 0 Å². The molecule has 0 amide bonds. The number of hydrogen-bond acceptors (Lipinski definition) is 4. The molecule has 19 heavy (non-hydrogen) atoms. The first kappa shape index (κ1) is 16.5. The Morgan fingerprint density at radius 1 is 1.16 bits per heavy atom. The second-order valence-corrected chi connectivity index (χ2v) is 7.39. The molecule has 0 N–H and O–H groups in total. The first-order valence-corrected chi connectivity index (χ1v) is 6.91. The number of rotatable bonds is 3. The molecule has 0 saturated carbocycles. The van der Waals surface area contributed by atoms with Crippen LogP contribution in [0.4, 0.5) is 0 Å². The van der Waals surface area contributed by atoms with Gasteiger partial charge in [0.15, 0.2) is 0 Å². The molecule has 1 heterocycles. The van der Waals surface area contributed by atoms with E-state index in [1.165, 1.54) is 0 Å². The van der Waals surface area contributed by atoms with Gasteiger partial charge < -0.3 is 14.0 Å². The van der Waals surface area contributed by atoms with E-state index in [0.717, 1.165) is 0 Å². The van der Waals surface area contributed by atoms with Gasteiger partial charge in [0.2, 0.25) is 0 Å². The molecular formula is C14H27BO4. The lowest BCUT2D eigenvalue weighted by atomic mass is 9.71. The van der Waals surface area contributed by atoms with Crippen LogP contribution in [0, 0.1) is 0 Å². The van der Waals surface area contributed by atoms with E-state index < -0.39 is 5.60 Å². The topological polar surface area (TPSA) is 44.8 Å². The van der Waals surface area contributed by atoms with Gasteiger partial charge in [-0.1, -0.05) is 6.92 Å². The monoisotopic (exact) mass is 270 g/mol. The minimum Gasteiger partial charge on any atom is -0.460 e. The molecule has 5 heteroatoms. The molecule has 1 aliphatic heterocycles. The average Bonchev–Trinajstić information content (AvgIpc) is 2.32. The highest BCUT2D eigenvalue weighted by Crippen LogP contribution is 2.40. The summed E-state index contributed by atoms with van der Waals surface area (Å²) < 4.78 is 17.2. The Hall–Kier alpha value is -0.545. The van der Waals surface area contributed by atoms with Crippen LogP contribution in [0.15, 0.2) is 0 Å². The third-order valence-corrected chi connectivity index (χ3v) is 3.64. The van der Waals surface area contributed by atoms with Gasteiger partial charge in [0.1, 0.15) is 5.60 Å². The maximum absolute atomic E-state index is 11.8. The van der Waals surface area contributed by atoms with E-state index in [9.17, 15) is 4.79 Å². The lowest BCUT2D eigenvalue weighted by Crippen LogP contribution is -2.41. The van der Waals surface area contributed by atoms with Crippen LogP contribution < -0.4 is 0 Å². The van der Waals surface area contributed by atoms with Gasteiger partial charge in [-0.05, 0) is 48.5 Å². The van der Waals surface area contributed by atoms with Gasteiger partial charge >= 0.3 is 13.1 Å². The molecule has 1 atom stereocenters. The Balaban J connectivity index is 2.57. The Morgan fingerprint density at radius 3 is 1.95 bits per heavy atom. The van der Waals surface area contributed by atoms with E-state index in [-0.39, 0.29) is 30.1 Å². The Labute approximate surface area is 117 Å². The highest BCUT2D eigenvalue weighted by Gasteiger charge is 2.53. The first-order chi connectivity index (χ1) is 8.34. The number of hydrogen-bond donors (Lipinski definition) is 0. The van der Waals surface area contributed by atoms with Gasteiger partial charge in [0.05, 0.1) is 11.2 Å². The summed E-state index contributed by atoms with van der Waals surface area (Å²) >= 11 is 0. The lowest BCUT2D eigenvalue weighted by Gasteiger charge is -2.32. The maximum atomic E-state index is 11.8. The molecule has 4 nitrogen and oxygen atoms in total. The third kappa shape index (κ3) is 4.21. The maximum Gasteiger partial charge on any atom is 0.461 e. The SMILES string of the molecule is CC(CC(=O)OC(C)(C)C)B1OC(C)(C)C(C)(C)O1. The Kier molecular flexibility index (Phi) is 4.43. The zero-order valence-corrected chi connectivity index (χ0v) is 13.5. The quantitative estimate of drug-likeness (QED) is 0.583. The normalized spacial score (nSPS) is 23.3. The molecule has 1 aliphatic rings. The van der Waals surface area contributed by atoms with Crippen LogP contribution in [0.2, 0.25) is 5.82 Å². The minimum atomic E-state index is -0.452. The largest absolute Gasteiger partial charge is 0.461 e. The van der Waals surface area contributed by atoms with Crippen molar-refractivity contribution in [2.24, 2.45) is 0 Å². The fraction of sp³-hybridized carbons (Fsp3) is 0.929. The second kappa shape index (κ2) is 5.10. The van der Waals surface area contributed by atoms with Gasteiger partial charge in [-0.15, -0.1) is 0 Å². The summed E-state index contributed by atoms with van der Waals surface area (Å²) in [6.07, 6.45) is 0.300. The first-order valence-electron chi connectivity index (χ1n) is 6.91. The van der Waals surface area contributed by atoms with Crippen LogP contribution in [0.1, 0.15) is 61.8 Å². The summed E-state index contributed by atoms with van der Waals surface area (Å²) in [6.45, 7) is 15.6. The zero-order valence-electron chi connectivity index (χ0n) is 13.5. The van der Waals surface area contributed by atoms with Gasteiger partial charge in [-0.2, -0.15) is 0 Å². The minimum absolute atomic E-state index is 0.0316. The molecule has 0 aromatic carbocycles. The van der Waals surface area contributed by atoms with E-state index in [1.807, 2.05) is 55.4 Å². The summed E-state index contributed by atoms with van der Waals surface area (Å²) in [5.41, 5.74) is -1.17. The van der Waals surface area contributed by atoms with Gasteiger partial charge in [-0.3, -0.25) is 4.79 Å². The molecule has 0 radical (unpaired) electrons. The lowest BCUT2D eigenvalue weighted by molar-refractivity contribution is -0.154. The number of ether oxygens (including phenoxy) is 1. The van der Waals surface area contributed by atoms with Crippen molar-refractivity contribution in [3.63, 3.8) is 0 Å². The van der Waals surface area contributed by atoms with Crippen molar-refractivity contribution in [1.82, 2.24) is 0 Å². The van der Waals surface area contributed by atoms with Crippen LogP contribution in [0.25, 0.3) is 0 Å². The van der Waals surface area contributed by atoms with Crippen LogP contribution in [-0.2, 0) is 18.8 Å². The highest BCUT2D eigenvalue weighted by molar-refractivity contribution is 6.47. The molecule has 110 valence electrons. The summed E-state index contributed by atoms with van der Waals surface area (Å²) in [7, 11) is -0.363. The summed E-state index contributed by atoms with van der Waals surface area (Å²) in [5, 5.41) is 0. The third-order valence-electron chi connectivity index (χ3n) is 3.64. The smallest absolute Gasteiger partial charge is 0.460 e.